The molecule has 24 heavy (non-hydrogen) atoms. The lowest BCUT2D eigenvalue weighted by Gasteiger charge is -2.23. The highest BCUT2D eigenvalue weighted by Gasteiger charge is 2.23. The minimum absolute atomic E-state index is 0.585. The number of aromatic nitrogens is 4. The van der Waals surface area contributed by atoms with Gasteiger partial charge in [0.25, 0.3) is 5.78 Å². The van der Waals surface area contributed by atoms with E-state index < -0.39 is 0 Å². The van der Waals surface area contributed by atoms with E-state index in [1.54, 1.807) is 10.8 Å². The molecule has 0 aliphatic carbocycles. The molecule has 1 fully saturated rings. The van der Waals surface area contributed by atoms with Crippen LogP contribution in [0.2, 0.25) is 0 Å². The lowest BCUT2D eigenvalue weighted by atomic mass is 10.1. The Labute approximate surface area is 141 Å². The largest absolute Gasteiger partial charge is 0.368 e. The molecule has 1 aliphatic rings. The van der Waals surface area contributed by atoms with Crippen molar-refractivity contribution in [2.75, 3.05) is 25.0 Å². The highest BCUT2D eigenvalue weighted by atomic mass is 15.4. The highest BCUT2D eigenvalue weighted by Crippen LogP contribution is 2.22. The quantitative estimate of drug-likeness (QED) is 0.782. The second-order valence-corrected chi connectivity index (χ2v) is 6.17. The van der Waals surface area contributed by atoms with Crippen LogP contribution in [-0.2, 0) is 0 Å². The molecule has 0 bridgehead atoms. The number of likely N-dealkylation sites (tertiary alicyclic amines) is 1. The number of nitrogens with zero attached hydrogens (tertiary/aromatic N) is 5. The van der Waals surface area contributed by atoms with Crippen molar-refractivity contribution in [1.29, 1.82) is 0 Å². The minimum Gasteiger partial charge on any atom is -0.368 e. The van der Waals surface area contributed by atoms with Crippen molar-refractivity contribution in [3.8, 4) is 11.3 Å². The fourth-order valence-corrected chi connectivity index (χ4v) is 3.46. The van der Waals surface area contributed by atoms with Crippen LogP contribution in [0.5, 0.6) is 0 Å². The van der Waals surface area contributed by atoms with Gasteiger partial charge in [-0.25, -0.2) is 4.98 Å². The van der Waals surface area contributed by atoms with Gasteiger partial charge in [-0.05, 0) is 25.9 Å². The Hall–Kier alpha value is -2.47. The van der Waals surface area contributed by atoms with Gasteiger partial charge in [0.15, 0.2) is 0 Å². The predicted molar refractivity (Wildman–Crippen MR) is 95.0 cm³/mol. The molecule has 2 aromatic heterocycles. The molecule has 0 radical (unpaired) electrons. The van der Waals surface area contributed by atoms with Gasteiger partial charge in [0.2, 0.25) is 0 Å². The fourth-order valence-electron chi connectivity index (χ4n) is 3.46. The summed E-state index contributed by atoms with van der Waals surface area (Å²) in [6, 6.07) is 12.8. The number of likely N-dealkylation sites (N-methyl/N-ethyl adjacent to an activating group) is 1. The van der Waals surface area contributed by atoms with Crippen LogP contribution >= 0.6 is 0 Å². The maximum absolute atomic E-state index is 4.62. The third kappa shape index (κ3) is 2.85. The molecule has 1 atom stereocenters. The first-order valence-corrected chi connectivity index (χ1v) is 8.59. The van der Waals surface area contributed by atoms with Crippen molar-refractivity contribution >= 4 is 11.6 Å². The zero-order valence-electron chi connectivity index (χ0n) is 13.9. The Bertz CT molecular complexity index is 813. The molecule has 1 aromatic carbocycles. The van der Waals surface area contributed by atoms with Crippen molar-refractivity contribution in [1.82, 2.24) is 24.5 Å². The number of rotatable bonds is 5. The van der Waals surface area contributed by atoms with Gasteiger partial charge in [-0.1, -0.05) is 37.3 Å². The molecule has 3 aromatic rings. The summed E-state index contributed by atoms with van der Waals surface area (Å²) in [6.07, 6.45) is 4.08. The van der Waals surface area contributed by atoms with E-state index in [1.807, 2.05) is 18.2 Å². The molecule has 6 heteroatoms. The number of fused-ring (bicyclic) bond motifs is 1. The van der Waals surface area contributed by atoms with Gasteiger partial charge < -0.3 is 5.32 Å². The van der Waals surface area contributed by atoms with E-state index in [1.165, 1.54) is 19.4 Å². The van der Waals surface area contributed by atoms with Gasteiger partial charge in [0.1, 0.15) is 12.1 Å². The van der Waals surface area contributed by atoms with Crippen molar-refractivity contribution in [2.45, 2.75) is 25.8 Å². The fraction of sp³-hybridized carbons (Fsp3) is 0.389. The summed E-state index contributed by atoms with van der Waals surface area (Å²) in [7, 11) is 0. The van der Waals surface area contributed by atoms with Crippen LogP contribution in [0, 0.1) is 0 Å². The van der Waals surface area contributed by atoms with Crippen molar-refractivity contribution in [2.24, 2.45) is 0 Å². The summed E-state index contributed by atoms with van der Waals surface area (Å²) in [5.41, 5.74) is 2.00. The Morgan fingerprint density at radius 2 is 2.12 bits per heavy atom. The van der Waals surface area contributed by atoms with E-state index in [9.17, 15) is 0 Å². The lowest BCUT2D eigenvalue weighted by Crippen LogP contribution is -2.35. The van der Waals surface area contributed by atoms with Crippen molar-refractivity contribution < 1.29 is 0 Å². The van der Waals surface area contributed by atoms with Gasteiger partial charge >= 0.3 is 0 Å². The van der Waals surface area contributed by atoms with Gasteiger partial charge in [0.05, 0.1) is 5.69 Å². The van der Waals surface area contributed by atoms with Crippen LogP contribution in [0.25, 0.3) is 17.0 Å². The Morgan fingerprint density at radius 3 is 2.96 bits per heavy atom. The summed E-state index contributed by atoms with van der Waals surface area (Å²) in [5, 5.41) is 7.87. The Morgan fingerprint density at radius 1 is 1.25 bits per heavy atom. The van der Waals surface area contributed by atoms with Gasteiger partial charge in [-0.2, -0.15) is 14.6 Å². The van der Waals surface area contributed by atoms with Crippen LogP contribution in [0.4, 0.5) is 5.82 Å². The van der Waals surface area contributed by atoms with Gasteiger partial charge in [-0.15, -0.1) is 0 Å². The smallest absolute Gasteiger partial charge is 0.254 e. The van der Waals surface area contributed by atoms with Crippen LogP contribution in [0.1, 0.15) is 19.8 Å². The molecular formula is C18H22N6. The molecule has 0 unspecified atom stereocenters. The highest BCUT2D eigenvalue weighted by molar-refractivity contribution is 5.65. The SMILES string of the molecule is CCN1CCC[C@@H]1CNc1cc(-c2ccccc2)nc2ncnn12. The first-order valence-electron chi connectivity index (χ1n) is 8.59. The second kappa shape index (κ2) is 6.57. The molecule has 4 rings (SSSR count). The molecule has 3 heterocycles. The summed E-state index contributed by atoms with van der Waals surface area (Å²) in [5.74, 6) is 1.57. The molecule has 0 amide bonds. The first-order chi connectivity index (χ1) is 11.8. The molecule has 124 valence electrons. The Balaban J connectivity index is 1.63. The van der Waals surface area contributed by atoms with Crippen molar-refractivity contribution in [3.05, 3.63) is 42.7 Å². The molecule has 6 nitrogen and oxygen atoms in total. The van der Waals surface area contributed by atoms with E-state index in [-0.39, 0.29) is 0 Å². The van der Waals surface area contributed by atoms with E-state index in [4.69, 9.17) is 0 Å². The van der Waals surface area contributed by atoms with Crippen molar-refractivity contribution in [3.63, 3.8) is 0 Å². The number of benzene rings is 1. The monoisotopic (exact) mass is 322 g/mol. The Kier molecular flexibility index (Phi) is 4.13. The standard InChI is InChI=1S/C18H22N6/c1-2-23-10-6-9-15(23)12-19-17-11-16(14-7-4-3-5-8-14)22-18-20-13-21-24(17)18/h3-5,7-8,11,13,15,19H,2,6,9-10,12H2,1H3/t15-/m1/s1. The topological polar surface area (TPSA) is 58.3 Å². The average molecular weight is 322 g/mol. The number of hydrogen-bond donors (Lipinski definition) is 1. The molecule has 1 N–H and O–H groups in total. The number of anilines is 1. The minimum atomic E-state index is 0.585. The second-order valence-electron chi connectivity index (χ2n) is 6.17. The summed E-state index contributed by atoms with van der Waals surface area (Å²) in [4.78, 5) is 11.4. The molecular weight excluding hydrogens is 300 g/mol. The third-order valence-electron chi connectivity index (χ3n) is 4.75. The lowest BCUT2D eigenvalue weighted by molar-refractivity contribution is 0.277. The zero-order chi connectivity index (χ0) is 16.4. The zero-order valence-corrected chi connectivity index (χ0v) is 13.9. The first kappa shape index (κ1) is 15.1. The van der Waals surface area contributed by atoms with E-state index in [0.29, 0.717) is 11.8 Å². The van der Waals surface area contributed by atoms with Crippen LogP contribution < -0.4 is 5.32 Å². The third-order valence-corrected chi connectivity index (χ3v) is 4.75. The van der Waals surface area contributed by atoms with Crippen LogP contribution in [0.3, 0.4) is 0 Å². The molecule has 0 spiro atoms. The average Bonchev–Trinajstić information content (AvgIpc) is 3.29. The number of hydrogen-bond acceptors (Lipinski definition) is 5. The molecule has 0 saturated carbocycles. The summed E-state index contributed by atoms with van der Waals surface area (Å²) < 4.78 is 1.78. The van der Waals surface area contributed by atoms with Gasteiger partial charge in [0, 0.05) is 24.2 Å². The summed E-state index contributed by atoms with van der Waals surface area (Å²) in [6.45, 7) is 5.46. The van der Waals surface area contributed by atoms with Crippen LogP contribution in [0.15, 0.2) is 42.7 Å². The van der Waals surface area contributed by atoms with E-state index >= 15 is 0 Å². The maximum Gasteiger partial charge on any atom is 0.254 e. The molecule has 1 saturated heterocycles. The predicted octanol–water partition coefficient (Wildman–Crippen LogP) is 2.69. The number of nitrogens with one attached hydrogen (secondary N) is 1. The normalized spacial score (nSPS) is 18.3. The van der Waals surface area contributed by atoms with Crippen LogP contribution in [-0.4, -0.2) is 50.2 Å². The van der Waals surface area contributed by atoms with E-state index in [0.717, 1.165) is 30.2 Å². The molecule has 1 aliphatic heterocycles. The summed E-state index contributed by atoms with van der Waals surface area (Å²) >= 11 is 0. The maximum atomic E-state index is 4.62. The van der Waals surface area contributed by atoms with Gasteiger partial charge in [-0.3, -0.25) is 4.90 Å². The van der Waals surface area contributed by atoms with E-state index in [2.05, 4.69) is 50.4 Å².